The van der Waals surface area contributed by atoms with Gasteiger partial charge in [0.15, 0.2) is 0 Å². The molecule has 8 heteroatoms. The molecule has 2 aromatic carbocycles. The number of thiazole rings is 1. The molecule has 4 nitrogen and oxygen atoms in total. The summed E-state index contributed by atoms with van der Waals surface area (Å²) in [5.74, 6) is 1.34. The molecule has 0 saturated heterocycles. The van der Waals surface area contributed by atoms with Gasteiger partial charge in [0.2, 0.25) is 5.91 Å². The highest BCUT2D eigenvalue weighted by atomic mass is 35.5. The van der Waals surface area contributed by atoms with Gasteiger partial charge in [0, 0.05) is 26.8 Å². The smallest absolute Gasteiger partial charge is 0.308 e. The average molecular weight is 501 g/mol. The number of nitrogens with zero attached hydrogens (tertiary/aromatic N) is 1. The average Bonchev–Trinajstić information content (AvgIpc) is 3.49. The van der Waals surface area contributed by atoms with Crippen LogP contribution in [0.4, 0.5) is 10.1 Å². The van der Waals surface area contributed by atoms with E-state index < -0.39 is 0 Å². The van der Waals surface area contributed by atoms with Gasteiger partial charge in [0.25, 0.3) is 0 Å². The van der Waals surface area contributed by atoms with Crippen molar-refractivity contribution >= 4 is 46.3 Å². The van der Waals surface area contributed by atoms with Crippen molar-refractivity contribution in [2.75, 3.05) is 5.32 Å². The molecule has 3 aliphatic rings. The maximum atomic E-state index is 13.7. The predicted octanol–water partition coefficient (Wildman–Crippen LogP) is 5.99. The fourth-order valence-electron chi connectivity index (χ4n) is 6.01. The first kappa shape index (κ1) is 21.4. The van der Waals surface area contributed by atoms with E-state index in [-0.39, 0.29) is 29.1 Å². The topological polar surface area (TPSA) is 51.1 Å². The van der Waals surface area contributed by atoms with Gasteiger partial charge in [-0.2, -0.15) is 0 Å². The molecule has 2 heterocycles. The second kappa shape index (κ2) is 8.29. The quantitative estimate of drug-likeness (QED) is 0.478. The maximum absolute atomic E-state index is 13.7. The summed E-state index contributed by atoms with van der Waals surface area (Å²) in [6.45, 7) is -0.0259. The highest BCUT2D eigenvalue weighted by Gasteiger charge is 2.55. The Morgan fingerprint density at radius 2 is 1.82 bits per heavy atom. The zero-order chi connectivity index (χ0) is 22.7. The number of hydrogen-bond donors (Lipinski definition) is 1. The van der Waals surface area contributed by atoms with Gasteiger partial charge in [0.1, 0.15) is 12.4 Å². The minimum Gasteiger partial charge on any atom is -0.325 e. The van der Waals surface area contributed by atoms with E-state index in [1.54, 1.807) is 40.6 Å². The fourth-order valence-corrected chi connectivity index (χ4v) is 9.28. The number of fused-ring (bicyclic) bond motifs is 6. The molecule has 33 heavy (non-hydrogen) atoms. The third-order valence-corrected chi connectivity index (χ3v) is 10.4. The number of rotatable bonds is 4. The molecular formula is C25H22ClFN2O2S2. The number of nitrogens with one attached hydrogen (secondary N) is 1. The van der Waals surface area contributed by atoms with Gasteiger partial charge in [-0.1, -0.05) is 35.1 Å². The molecule has 1 aliphatic heterocycles. The summed E-state index contributed by atoms with van der Waals surface area (Å²) in [5, 5.41) is 4.81. The molecule has 1 amide bonds. The first-order chi connectivity index (χ1) is 16.0. The summed E-state index contributed by atoms with van der Waals surface area (Å²) >= 11 is 8.96. The Morgan fingerprint density at radius 1 is 1.09 bits per heavy atom. The van der Waals surface area contributed by atoms with E-state index >= 15 is 0 Å². The molecule has 5 atom stereocenters. The van der Waals surface area contributed by atoms with Crippen molar-refractivity contribution in [1.29, 1.82) is 0 Å². The van der Waals surface area contributed by atoms with Crippen LogP contribution in [0.3, 0.4) is 0 Å². The summed E-state index contributed by atoms with van der Waals surface area (Å²) < 4.78 is 15.3. The lowest BCUT2D eigenvalue weighted by atomic mass is 9.75. The number of carbonyl (C=O) groups excluding carboxylic acids is 1. The van der Waals surface area contributed by atoms with Crippen LogP contribution in [0, 0.1) is 23.6 Å². The van der Waals surface area contributed by atoms with Gasteiger partial charge >= 0.3 is 4.87 Å². The Hall–Kier alpha value is -2.09. The number of aromatic nitrogens is 1. The SMILES string of the molecule is O=C(Cn1c2c(sc1=O)C(c1ccc(F)cc1)C1C3CCC(C3)C1S2)Nc1ccc(Cl)cc1. The van der Waals surface area contributed by atoms with Crippen molar-refractivity contribution in [3.05, 3.63) is 79.5 Å². The van der Waals surface area contributed by atoms with Gasteiger partial charge in [0.05, 0.1) is 5.03 Å². The van der Waals surface area contributed by atoms with Crippen molar-refractivity contribution in [3.63, 3.8) is 0 Å². The highest BCUT2D eigenvalue weighted by Crippen LogP contribution is 2.64. The third-order valence-electron chi connectivity index (χ3n) is 7.35. The van der Waals surface area contributed by atoms with E-state index in [9.17, 15) is 14.0 Å². The number of hydrogen-bond acceptors (Lipinski definition) is 4. The van der Waals surface area contributed by atoms with Gasteiger partial charge in [-0.25, -0.2) is 4.39 Å². The van der Waals surface area contributed by atoms with Crippen molar-refractivity contribution < 1.29 is 9.18 Å². The molecule has 3 aromatic rings. The normalized spacial score (nSPS) is 27.3. The predicted molar refractivity (Wildman–Crippen MR) is 131 cm³/mol. The van der Waals surface area contributed by atoms with E-state index in [0.717, 1.165) is 15.5 Å². The molecule has 170 valence electrons. The van der Waals surface area contributed by atoms with Gasteiger partial charge in [-0.05, 0) is 79.0 Å². The van der Waals surface area contributed by atoms with Crippen molar-refractivity contribution in [2.45, 2.75) is 42.0 Å². The van der Waals surface area contributed by atoms with Crippen LogP contribution in [0.1, 0.15) is 35.6 Å². The molecular weight excluding hydrogens is 479 g/mol. The lowest BCUT2D eigenvalue weighted by molar-refractivity contribution is -0.116. The van der Waals surface area contributed by atoms with Crippen LogP contribution in [0.15, 0.2) is 58.4 Å². The molecule has 2 saturated carbocycles. The fraction of sp³-hybridized carbons (Fsp3) is 0.360. The number of halogens is 2. The molecule has 1 aromatic heterocycles. The Morgan fingerprint density at radius 3 is 2.58 bits per heavy atom. The number of anilines is 1. The molecule has 2 fully saturated rings. The molecule has 5 unspecified atom stereocenters. The highest BCUT2D eigenvalue weighted by molar-refractivity contribution is 8.00. The zero-order valence-corrected chi connectivity index (χ0v) is 20.1. The van der Waals surface area contributed by atoms with Crippen LogP contribution >= 0.6 is 34.7 Å². The van der Waals surface area contributed by atoms with Crippen LogP contribution < -0.4 is 10.2 Å². The van der Waals surface area contributed by atoms with Crippen molar-refractivity contribution in [3.8, 4) is 0 Å². The molecule has 2 aliphatic carbocycles. The van der Waals surface area contributed by atoms with E-state index in [0.29, 0.717) is 33.7 Å². The second-order valence-corrected chi connectivity index (χ2v) is 11.8. The Bertz CT molecular complexity index is 1270. The number of thioether (sulfide) groups is 1. The number of benzene rings is 2. The van der Waals surface area contributed by atoms with Crippen LogP contribution in [0.25, 0.3) is 0 Å². The zero-order valence-electron chi connectivity index (χ0n) is 17.7. The minimum atomic E-state index is -0.252. The maximum Gasteiger partial charge on any atom is 0.308 e. The van der Waals surface area contributed by atoms with E-state index in [2.05, 4.69) is 5.32 Å². The summed E-state index contributed by atoms with van der Waals surface area (Å²) in [7, 11) is 0. The van der Waals surface area contributed by atoms with Gasteiger partial charge < -0.3 is 5.32 Å². The first-order valence-electron chi connectivity index (χ1n) is 11.2. The number of carbonyl (C=O) groups is 1. The lowest BCUT2D eigenvalue weighted by Crippen LogP contribution is -2.34. The summed E-state index contributed by atoms with van der Waals surface area (Å²) in [4.78, 5) is 26.8. The van der Waals surface area contributed by atoms with Crippen LogP contribution in [0.5, 0.6) is 0 Å². The van der Waals surface area contributed by atoms with E-state index in [1.807, 2.05) is 12.1 Å². The number of amides is 1. The molecule has 0 spiro atoms. The third kappa shape index (κ3) is 3.74. The van der Waals surface area contributed by atoms with Crippen molar-refractivity contribution in [1.82, 2.24) is 4.57 Å². The molecule has 0 radical (unpaired) electrons. The summed E-state index contributed by atoms with van der Waals surface area (Å²) in [6, 6.07) is 13.7. The molecule has 6 rings (SSSR count). The first-order valence-corrected chi connectivity index (χ1v) is 13.3. The van der Waals surface area contributed by atoms with Gasteiger partial charge in [-0.15, -0.1) is 11.8 Å². The Labute approximate surface area is 204 Å². The molecule has 1 N–H and O–H groups in total. The van der Waals surface area contributed by atoms with Crippen molar-refractivity contribution in [2.24, 2.45) is 17.8 Å². The standard InChI is InChI=1S/C25H22ClFN2O2S2/c26-16-5-9-18(10-6-16)28-19(30)12-29-24-23(33-25(29)31)20(13-3-7-17(27)8-4-13)21-14-1-2-15(11-14)22(21)32-24/h3-10,14-15,20-22H,1-2,11-12H2,(H,28,30). The van der Waals surface area contributed by atoms with Gasteiger partial charge in [-0.3, -0.25) is 14.2 Å². The summed E-state index contributed by atoms with van der Waals surface area (Å²) in [5.41, 5.74) is 1.71. The molecule has 2 bridgehead atoms. The Kier molecular flexibility index (Phi) is 5.39. The monoisotopic (exact) mass is 500 g/mol. The van der Waals surface area contributed by atoms with Crippen LogP contribution in [-0.4, -0.2) is 15.7 Å². The largest absolute Gasteiger partial charge is 0.325 e. The summed E-state index contributed by atoms with van der Waals surface area (Å²) in [6.07, 6.45) is 3.70. The van der Waals surface area contributed by atoms with E-state index in [4.69, 9.17) is 11.6 Å². The minimum absolute atomic E-state index is 0.0259. The van der Waals surface area contributed by atoms with E-state index in [1.165, 1.54) is 42.7 Å². The van der Waals surface area contributed by atoms with Crippen LogP contribution in [0.2, 0.25) is 5.02 Å². The van der Waals surface area contributed by atoms with Crippen LogP contribution in [-0.2, 0) is 11.3 Å². The second-order valence-electron chi connectivity index (χ2n) is 9.20. The lowest BCUT2D eigenvalue weighted by Gasteiger charge is -2.40. The Balaban J connectivity index is 1.36.